The van der Waals surface area contributed by atoms with E-state index >= 15 is 0 Å². The minimum absolute atomic E-state index is 0.0298. The first-order chi connectivity index (χ1) is 11.0. The minimum Gasteiger partial charge on any atom is -0.460 e. The lowest BCUT2D eigenvalue weighted by Gasteiger charge is -2.26. The summed E-state index contributed by atoms with van der Waals surface area (Å²) < 4.78 is 10.1. The number of ketones is 1. The van der Waals surface area contributed by atoms with Crippen LogP contribution in [0.15, 0.2) is 47.3 Å². The Morgan fingerprint density at radius 2 is 2.26 bits per heavy atom. The summed E-state index contributed by atoms with van der Waals surface area (Å²) in [5, 5.41) is 9.38. The van der Waals surface area contributed by atoms with E-state index < -0.39 is 17.7 Å². The smallest absolute Gasteiger partial charge is 0.374 e. The van der Waals surface area contributed by atoms with Crippen LogP contribution in [0.4, 0.5) is 0 Å². The lowest BCUT2D eigenvalue weighted by atomic mass is 9.82. The molecule has 7 nitrogen and oxygen atoms in total. The Kier molecular flexibility index (Phi) is 4.76. The van der Waals surface area contributed by atoms with E-state index in [2.05, 4.69) is 4.98 Å². The Morgan fingerprint density at radius 1 is 1.52 bits per heavy atom. The molecule has 1 aromatic heterocycles. The van der Waals surface area contributed by atoms with Crippen LogP contribution in [0.3, 0.4) is 0 Å². The van der Waals surface area contributed by atoms with Crippen molar-refractivity contribution in [2.75, 3.05) is 6.61 Å². The van der Waals surface area contributed by atoms with Crippen molar-refractivity contribution < 1.29 is 19.1 Å². The monoisotopic (exact) mass is 313 g/mol. The Morgan fingerprint density at radius 3 is 2.78 bits per heavy atom. The molecule has 23 heavy (non-hydrogen) atoms. The summed E-state index contributed by atoms with van der Waals surface area (Å²) in [6.07, 6.45) is 3.07. The van der Waals surface area contributed by atoms with Gasteiger partial charge in [0.1, 0.15) is 11.6 Å². The van der Waals surface area contributed by atoms with Crippen LogP contribution < -0.4 is 5.73 Å². The van der Waals surface area contributed by atoms with E-state index in [1.807, 2.05) is 6.07 Å². The third kappa shape index (κ3) is 3.06. The van der Waals surface area contributed by atoms with Crippen LogP contribution in [-0.2, 0) is 19.1 Å². The Balaban J connectivity index is 2.68. The number of carbonyl (C=O) groups excluding carboxylic acids is 2. The first-order valence-electron chi connectivity index (χ1n) is 6.91. The first-order valence-corrected chi connectivity index (χ1v) is 6.91. The zero-order valence-electron chi connectivity index (χ0n) is 12.7. The molecule has 0 aromatic carbocycles. The van der Waals surface area contributed by atoms with Crippen LogP contribution in [-0.4, -0.2) is 23.3 Å². The summed E-state index contributed by atoms with van der Waals surface area (Å²) in [5.74, 6) is -2.55. The molecule has 0 bridgehead atoms. The van der Waals surface area contributed by atoms with Gasteiger partial charge in [-0.15, -0.1) is 0 Å². The van der Waals surface area contributed by atoms with Crippen LogP contribution in [0.5, 0.6) is 0 Å². The fraction of sp³-hybridized carbons (Fsp3) is 0.250. The van der Waals surface area contributed by atoms with Crippen molar-refractivity contribution in [3.63, 3.8) is 0 Å². The highest BCUT2D eigenvalue weighted by Gasteiger charge is 2.38. The summed E-state index contributed by atoms with van der Waals surface area (Å²) in [4.78, 5) is 28.2. The lowest BCUT2D eigenvalue weighted by molar-refractivity contribution is -0.142. The molecule has 0 saturated carbocycles. The van der Waals surface area contributed by atoms with Gasteiger partial charge in [-0.1, -0.05) is 6.07 Å². The average molecular weight is 313 g/mol. The lowest BCUT2D eigenvalue weighted by Crippen LogP contribution is -2.28. The number of carbonyl (C=O) groups is 2. The predicted molar refractivity (Wildman–Crippen MR) is 79.2 cm³/mol. The van der Waals surface area contributed by atoms with E-state index in [1.165, 1.54) is 13.1 Å². The Labute approximate surface area is 133 Å². The SMILES string of the molecule is CCOC(=O)C1=C(C(C)=O)[C@H](c2cccnc2)C(C#N)=C(N)O1. The molecule has 1 aliphatic heterocycles. The molecule has 2 N–H and O–H groups in total. The normalized spacial score (nSPS) is 17.3. The van der Waals surface area contributed by atoms with E-state index in [0.29, 0.717) is 5.56 Å². The fourth-order valence-corrected chi connectivity index (χ4v) is 2.35. The number of ether oxygens (including phenoxy) is 2. The molecule has 0 spiro atoms. The van der Waals surface area contributed by atoms with Crippen LogP contribution in [0, 0.1) is 11.3 Å². The minimum atomic E-state index is -0.820. The van der Waals surface area contributed by atoms with Crippen molar-refractivity contribution in [3.8, 4) is 6.07 Å². The number of allylic oxidation sites excluding steroid dienone is 2. The molecule has 0 radical (unpaired) electrons. The number of nitrogens with two attached hydrogens (primary N) is 1. The van der Waals surface area contributed by atoms with E-state index in [9.17, 15) is 14.9 Å². The zero-order valence-corrected chi connectivity index (χ0v) is 12.7. The number of hydrogen-bond donors (Lipinski definition) is 1. The predicted octanol–water partition coefficient (Wildman–Crippen LogP) is 1.30. The van der Waals surface area contributed by atoms with Gasteiger partial charge in [0.25, 0.3) is 0 Å². The molecule has 2 heterocycles. The fourth-order valence-electron chi connectivity index (χ4n) is 2.35. The van der Waals surface area contributed by atoms with Crippen LogP contribution in [0.25, 0.3) is 0 Å². The number of Topliss-reactive ketones (excluding diaryl/α,β-unsaturated/α-hetero) is 1. The van der Waals surface area contributed by atoms with Crippen LogP contribution in [0.2, 0.25) is 0 Å². The van der Waals surface area contributed by atoms with E-state index in [4.69, 9.17) is 15.2 Å². The summed E-state index contributed by atoms with van der Waals surface area (Å²) in [7, 11) is 0. The van der Waals surface area contributed by atoms with Gasteiger partial charge in [-0.25, -0.2) is 4.79 Å². The van der Waals surface area contributed by atoms with Gasteiger partial charge >= 0.3 is 5.97 Å². The summed E-state index contributed by atoms with van der Waals surface area (Å²) in [5.41, 5.74) is 6.40. The van der Waals surface area contributed by atoms with E-state index in [0.717, 1.165) is 0 Å². The molecule has 118 valence electrons. The van der Waals surface area contributed by atoms with Crippen molar-refractivity contribution in [2.45, 2.75) is 19.8 Å². The van der Waals surface area contributed by atoms with Crippen LogP contribution >= 0.6 is 0 Å². The number of hydrogen-bond acceptors (Lipinski definition) is 7. The third-order valence-corrected chi connectivity index (χ3v) is 3.28. The van der Waals surface area contributed by atoms with Crippen molar-refractivity contribution in [2.24, 2.45) is 5.73 Å². The molecular formula is C16H15N3O4. The second-order valence-electron chi connectivity index (χ2n) is 4.73. The molecule has 0 amide bonds. The van der Waals surface area contributed by atoms with Crippen LogP contribution in [0.1, 0.15) is 25.3 Å². The standard InChI is InChI=1S/C16H15N3O4/c1-3-22-16(21)14-12(9(2)20)13(10-5-4-6-19-8-10)11(7-17)15(18)23-14/h4-6,8,13H,3,18H2,1-2H3/t13-/m1/s1. The van der Waals surface area contributed by atoms with Gasteiger partial charge in [0.2, 0.25) is 11.6 Å². The maximum Gasteiger partial charge on any atom is 0.374 e. The molecule has 0 unspecified atom stereocenters. The highest BCUT2D eigenvalue weighted by molar-refractivity contribution is 6.04. The number of esters is 1. The number of rotatable bonds is 4. The molecule has 0 fully saturated rings. The van der Waals surface area contributed by atoms with Gasteiger partial charge in [-0.2, -0.15) is 5.26 Å². The molecule has 0 saturated heterocycles. The quantitative estimate of drug-likeness (QED) is 0.833. The summed E-state index contributed by atoms with van der Waals surface area (Å²) in [6.45, 7) is 3.04. The van der Waals surface area contributed by atoms with Crippen molar-refractivity contribution in [3.05, 3.63) is 52.9 Å². The van der Waals surface area contributed by atoms with Crippen molar-refractivity contribution in [1.29, 1.82) is 5.26 Å². The van der Waals surface area contributed by atoms with Crippen molar-refractivity contribution >= 4 is 11.8 Å². The number of pyridine rings is 1. The molecule has 0 aliphatic carbocycles. The first kappa shape index (κ1) is 16.2. The topological polar surface area (TPSA) is 115 Å². The van der Waals surface area contributed by atoms with Gasteiger partial charge < -0.3 is 15.2 Å². The number of nitrogens with zero attached hydrogens (tertiary/aromatic N) is 2. The Hall–Kier alpha value is -3.14. The maximum atomic E-state index is 12.1. The number of aromatic nitrogens is 1. The molecular weight excluding hydrogens is 298 g/mol. The highest BCUT2D eigenvalue weighted by atomic mass is 16.6. The van der Waals surface area contributed by atoms with Crippen molar-refractivity contribution in [1.82, 2.24) is 4.98 Å². The molecule has 7 heteroatoms. The summed E-state index contributed by atoms with van der Waals surface area (Å²) >= 11 is 0. The van der Waals surface area contributed by atoms with Gasteiger partial charge in [-0.05, 0) is 25.5 Å². The van der Waals surface area contributed by atoms with E-state index in [1.54, 1.807) is 25.3 Å². The zero-order chi connectivity index (χ0) is 17.0. The molecule has 1 aromatic rings. The molecule has 1 aliphatic rings. The van der Waals surface area contributed by atoms with Gasteiger partial charge in [0.15, 0.2) is 5.78 Å². The van der Waals surface area contributed by atoms with Gasteiger partial charge in [-0.3, -0.25) is 9.78 Å². The van der Waals surface area contributed by atoms with Gasteiger partial charge in [0, 0.05) is 12.4 Å². The third-order valence-electron chi connectivity index (χ3n) is 3.28. The largest absolute Gasteiger partial charge is 0.460 e. The molecule has 2 rings (SSSR count). The van der Waals surface area contributed by atoms with Gasteiger partial charge in [0.05, 0.1) is 18.1 Å². The maximum absolute atomic E-state index is 12.1. The Bertz CT molecular complexity index is 744. The second-order valence-corrected chi connectivity index (χ2v) is 4.73. The molecule has 1 atom stereocenters. The number of nitriles is 1. The highest BCUT2D eigenvalue weighted by Crippen LogP contribution is 2.39. The second kappa shape index (κ2) is 6.75. The summed E-state index contributed by atoms with van der Waals surface area (Å²) in [6, 6.07) is 5.30. The average Bonchev–Trinajstić information content (AvgIpc) is 2.54. The van der Waals surface area contributed by atoms with E-state index in [-0.39, 0.29) is 29.4 Å².